The summed E-state index contributed by atoms with van der Waals surface area (Å²) in [6.07, 6.45) is 5.81. The number of anilines is 1. The van der Waals surface area contributed by atoms with Crippen molar-refractivity contribution >= 4 is 17.5 Å². The summed E-state index contributed by atoms with van der Waals surface area (Å²) in [5, 5.41) is 5.75. The van der Waals surface area contributed by atoms with Crippen molar-refractivity contribution in [1.82, 2.24) is 5.32 Å². The summed E-state index contributed by atoms with van der Waals surface area (Å²) in [6.45, 7) is 0.713. The molecule has 1 aliphatic carbocycles. The van der Waals surface area contributed by atoms with Gasteiger partial charge in [0.2, 0.25) is 5.91 Å². The Morgan fingerprint density at radius 2 is 1.83 bits per heavy atom. The van der Waals surface area contributed by atoms with Gasteiger partial charge in [-0.2, -0.15) is 0 Å². The monoisotopic (exact) mass is 398 g/mol. The quantitative estimate of drug-likeness (QED) is 0.642. The van der Waals surface area contributed by atoms with Crippen molar-refractivity contribution in [1.29, 1.82) is 0 Å². The number of ether oxygens (including phenoxy) is 1. The lowest BCUT2D eigenvalue weighted by molar-refractivity contribution is -0.120. The first-order valence-corrected chi connectivity index (χ1v) is 10.2. The van der Waals surface area contributed by atoms with Crippen molar-refractivity contribution < 1.29 is 18.7 Å². The topological polar surface area (TPSA) is 67.4 Å². The number of hydrogen-bond acceptors (Lipinski definition) is 3. The Bertz CT molecular complexity index is 834. The molecule has 0 aliphatic heterocycles. The fraction of sp³-hybridized carbons (Fsp3) is 0.391. The molecule has 2 N–H and O–H groups in total. The summed E-state index contributed by atoms with van der Waals surface area (Å²) in [5.41, 5.74) is 1.12. The van der Waals surface area contributed by atoms with E-state index >= 15 is 0 Å². The maximum Gasteiger partial charge on any atom is 0.251 e. The summed E-state index contributed by atoms with van der Waals surface area (Å²) < 4.78 is 18.8. The first-order chi connectivity index (χ1) is 14.1. The van der Waals surface area contributed by atoms with Crippen LogP contribution >= 0.6 is 0 Å². The van der Waals surface area contributed by atoms with Crippen LogP contribution in [0.25, 0.3) is 0 Å². The normalized spacial score (nSPS) is 14.2. The fourth-order valence-corrected chi connectivity index (χ4v) is 3.47. The van der Waals surface area contributed by atoms with Crippen LogP contribution in [-0.4, -0.2) is 25.0 Å². The van der Waals surface area contributed by atoms with Gasteiger partial charge < -0.3 is 15.4 Å². The van der Waals surface area contributed by atoms with Gasteiger partial charge in [0.15, 0.2) is 11.6 Å². The smallest absolute Gasteiger partial charge is 0.251 e. The molecular weight excluding hydrogens is 371 g/mol. The van der Waals surface area contributed by atoms with Gasteiger partial charge in [0, 0.05) is 23.7 Å². The number of hydrogen-bond donors (Lipinski definition) is 2. The van der Waals surface area contributed by atoms with Gasteiger partial charge in [0.25, 0.3) is 5.91 Å². The van der Waals surface area contributed by atoms with Crippen molar-refractivity contribution in [3.8, 4) is 5.75 Å². The molecule has 0 bridgehead atoms. The SMILES string of the molecule is O=C(NCCCOc1ccccc1F)c1cccc(NC(=O)C2CCCCC2)c1. The third-order valence-electron chi connectivity index (χ3n) is 5.07. The van der Waals surface area contributed by atoms with E-state index in [1.165, 1.54) is 12.5 Å². The predicted molar refractivity (Wildman–Crippen MR) is 110 cm³/mol. The Morgan fingerprint density at radius 1 is 1.03 bits per heavy atom. The number of carbonyl (C=O) groups excluding carboxylic acids is 2. The molecule has 1 saturated carbocycles. The van der Waals surface area contributed by atoms with Crippen LogP contribution < -0.4 is 15.4 Å². The van der Waals surface area contributed by atoms with E-state index < -0.39 is 5.82 Å². The van der Waals surface area contributed by atoms with Crippen LogP contribution in [0.4, 0.5) is 10.1 Å². The number of nitrogens with one attached hydrogen (secondary N) is 2. The molecule has 6 heteroatoms. The molecule has 0 saturated heterocycles. The molecule has 2 aromatic carbocycles. The number of halogens is 1. The lowest BCUT2D eigenvalue weighted by atomic mass is 9.88. The molecular formula is C23H27FN2O3. The van der Waals surface area contributed by atoms with Gasteiger partial charge in [-0.3, -0.25) is 9.59 Å². The number of para-hydroxylation sites is 1. The van der Waals surface area contributed by atoms with E-state index in [-0.39, 0.29) is 23.5 Å². The highest BCUT2D eigenvalue weighted by atomic mass is 19.1. The molecule has 1 aliphatic rings. The number of rotatable bonds is 8. The van der Waals surface area contributed by atoms with Crippen LogP contribution in [0.1, 0.15) is 48.9 Å². The Kier molecular flexibility index (Phi) is 7.61. The second-order valence-electron chi connectivity index (χ2n) is 7.29. The van der Waals surface area contributed by atoms with E-state index in [1.807, 2.05) is 0 Å². The zero-order valence-corrected chi connectivity index (χ0v) is 16.5. The molecule has 154 valence electrons. The zero-order chi connectivity index (χ0) is 20.5. The molecule has 1 fully saturated rings. The molecule has 29 heavy (non-hydrogen) atoms. The highest BCUT2D eigenvalue weighted by molar-refractivity contribution is 5.97. The Morgan fingerprint density at radius 3 is 2.62 bits per heavy atom. The molecule has 0 heterocycles. The highest BCUT2D eigenvalue weighted by Gasteiger charge is 2.21. The number of carbonyl (C=O) groups is 2. The molecule has 2 amide bonds. The van der Waals surface area contributed by atoms with Crippen molar-refractivity contribution in [2.24, 2.45) is 5.92 Å². The van der Waals surface area contributed by atoms with Gasteiger partial charge in [-0.25, -0.2) is 4.39 Å². The first-order valence-electron chi connectivity index (χ1n) is 10.2. The van der Waals surface area contributed by atoms with Crippen molar-refractivity contribution in [3.63, 3.8) is 0 Å². The fourth-order valence-electron chi connectivity index (χ4n) is 3.47. The summed E-state index contributed by atoms with van der Waals surface area (Å²) in [5.74, 6) is -0.309. The molecule has 0 atom stereocenters. The van der Waals surface area contributed by atoms with E-state index in [9.17, 15) is 14.0 Å². The minimum Gasteiger partial charge on any atom is -0.490 e. The molecule has 3 rings (SSSR count). The second kappa shape index (κ2) is 10.6. The molecule has 2 aromatic rings. The third kappa shape index (κ3) is 6.31. The van der Waals surface area contributed by atoms with Crippen LogP contribution in [0.3, 0.4) is 0 Å². The van der Waals surface area contributed by atoms with Crippen LogP contribution in [0.2, 0.25) is 0 Å². The third-order valence-corrected chi connectivity index (χ3v) is 5.07. The lowest BCUT2D eigenvalue weighted by Gasteiger charge is -2.20. The van der Waals surface area contributed by atoms with Gasteiger partial charge in [0.1, 0.15) is 0 Å². The second-order valence-corrected chi connectivity index (χ2v) is 7.29. The van der Waals surface area contributed by atoms with Crippen LogP contribution in [0.5, 0.6) is 5.75 Å². The average Bonchev–Trinajstić information content (AvgIpc) is 2.75. The van der Waals surface area contributed by atoms with Gasteiger partial charge in [-0.05, 0) is 49.6 Å². The highest BCUT2D eigenvalue weighted by Crippen LogP contribution is 2.25. The number of benzene rings is 2. The van der Waals surface area contributed by atoms with Crippen LogP contribution in [0, 0.1) is 11.7 Å². The van der Waals surface area contributed by atoms with E-state index in [2.05, 4.69) is 10.6 Å². The van der Waals surface area contributed by atoms with Crippen molar-refractivity contribution in [2.75, 3.05) is 18.5 Å². The minimum absolute atomic E-state index is 0.0348. The summed E-state index contributed by atoms with van der Waals surface area (Å²) in [4.78, 5) is 24.7. The van der Waals surface area contributed by atoms with E-state index in [0.717, 1.165) is 25.7 Å². The molecule has 0 radical (unpaired) electrons. The lowest BCUT2D eigenvalue weighted by Crippen LogP contribution is -2.26. The molecule has 0 aromatic heterocycles. The van der Waals surface area contributed by atoms with Gasteiger partial charge in [-0.15, -0.1) is 0 Å². The molecule has 0 unspecified atom stereocenters. The van der Waals surface area contributed by atoms with Gasteiger partial charge in [0.05, 0.1) is 6.61 Å². The summed E-state index contributed by atoms with van der Waals surface area (Å²) in [7, 11) is 0. The Hall–Kier alpha value is -2.89. The maximum atomic E-state index is 13.5. The van der Waals surface area contributed by atoms with Crippen LogP contribution in [0.15, 0.2) is 48.5 Å². The Labute approximate surface area is 170 Å². The molecule has 0 spiro atoms. The van der Waals surface area contributed by atoms with Gasteiger partial charge in [-0.1, -0.05) is 37.5 Å². The van der Waals surface area contributed by atoms with E-state index in [0.29, 0.717) is 30.8 Å². The van der Waals surface area contributed by atoms with Crippen molar-refractivity contribution in [3.05, 3.63) is 59.9 Å². The Balaban J connectivity index is 1.43. The average molecular weight is 398 g/mol. The predicted octanol–water partition coefficient (Wildman–Crippen LogP) is 4.54. The van der Waals surface area contributed by atoms with Crippen molar-refractivity contribution in [2.45, 2.75) is 38.5 Å². The minimum atomic E-state index is -0.399. The number of amides is 2. The van der Waals surface area contributed by atoms with E-state index in [4.69, 9.17) is 4.74 Å². The summed E-state index contributed by atoms with van der Waals surface area (Å²) in [6, 6.07) is 13.2. The molecule has 5 nitrogen and oxygen atoms in total. The zero-order valence-electron chi connectivity index (χ0n) is 16.5. The van der Waals surface area contributed by atoms with E-state index in [1.54, 1.807) is 42.5 Å². The summed E-state index contributed by atoms with van der Waals surface area (Å²) >= 11 is 0. The van der Waals surface area contributed by atoms with Gasteiger partial charge >= 0.3 is 0 Å². The van der Waals surface area contributed by atoms with Crippen LogP contribution in [-0.2, 0) is 4.79 Å². The maximum absolute atomic E-state index is 13.5. The first kappa shape index (κ1) is 20.8. The standard InChI is InChI=1S/C23H27FN2O3/c24-20-12-4-5-13-21(20)29-15-7-14-25-22(27)18-10-6-11-19(16-18)26-23(28)17-8-2-1-3-9-17/h4-6,10-13,16-17H,1-3,7-9,14-15H2,(H,25,27)(H,26,28). The largest absolute Gasteiger partial charge is 0.490 e.